The zero-order valence-corrected chi connectivity index (χ0v) is 23.3. The van der Waals surface area contributed by atoms with Crippen molar-refractivity contribution in [3.63, 3.8) is 0 Å². The molecule has 3 aromatic carbocycles. The Morgan fingerprint density at radius 1 is 1.05 bits per heavy atom. The zero-order valence-electron chi connectivity index (χ0n) is 23.3. The Bertz CT molecular complexity index is 1650. The number of pyridine rings is 1. The number of carboxylic acid groups (broad SMARTS) is 1. The second-order valence-corrected chi connectivity index (χ2v) is 9.85. The van der Waals surface area contributed by atoms with Crippen LogP contribution < -0.4 is 15.2 Å². The number of hydrogen-bond acceptors (Lipinski definition) is 9. The van der Waals surface area contributed by atoms with Crippen LogP contribution in [-0.4, -0.2) is 38.2 Å². The molecule has 0 saturated heterocycles. The number of nitriles is 1. The van der Waals surface area contributed by atoms with Crippen LogP contribution in [0.15, 0.2) is 79.0 Å². The molecular formula is C32H30N4O7. The van der Waals surface area contributed by atoms with Crippen LogP contribution in [0.3, 0.4) is 0 Å². The number of nitro benzene ring substituents is 1. The number of carbonyl (C=O) groups is 1. The second kappa shape index (κ2) is 14.0. The van der Waals surface area contributed by atoms with Gasteiger partial charge in [0, 0.05) is 23.9 Å². The first-order valence-electron chi connectivity index (χ1n) is 13.4. The molecule has 0 radical (unpaired) electrons. The number of carboxylic acids is 1. The number of aliphatic hydroxyl groups excluding tert-OH is 1. The summed E-state index contributed by atoms with van der Waals surface area (Å²) in [5.41, 5.74) is 10.3. The third-order valence-electron chi connectivity index (χ3n) is 7.00. The van der Waals surface area contributed by atoms with Crippen molar-refractivity contribution in [2.75, 3.05) is 0 Å². The van der Waals surface area contributed by atoms with Crippen molar-refractivity contribution in [2.24, 2.45) is 5.73 Å². The van der Waals surface area contributed by atoms with Crippen LogP contribution in [0.5, 0.6) is 11.5 Å². The highest BCUT2D eigenvalue weighted by Gasteiger charge is 2.25. The average Bonchev–Trinajstić information content (AvgIpc) is 3.02. The minimum absolute atomic E-state index is 0.0108. The van der Waals surface area contributed by atoms with E-state index in [0.717, 1.165) is 22.3 Å². The van der Waals surface area contributed by atoms with Gasteiger partial charge in [-0.25, -0.2) is 4.98 Å². The van der Waals surface area contributed by atoms with Crippen molar-refractivity contribution >= 4 is 11.7 Å². The number of benzene rings is 3. The molecule has 1 heterocycles. The summed E-state index contributed by atoms with van der Waals surface area (Å²) in [6, 6.07) is 22.0. The van der Waals surface area contributed by atoms with Gasteiger partial charge in [-0.3, -0.25) is 14.9 Å². The van der Waals surface area contributed by atoms with Gasteiger partial charge in [-0.15, -0.1) is 0 Å². The van der Waals surface area contributed by atoms with Crippen LogP contribution in [0, 0.1) is 28.4 Å². The van der Waals surface area contributed by atoms with Gasteiger partial charge in [0.05, 0.1) is 11.0 Å². The minimum Gasteiger partial charge on any atom is -0.488 e. The molecule has 4 N–H and O–H groups in total. The van der Waals surface area contributed by atoms with Gasteiger partial charge in [-0.1, -0.05) is 48.5 Å². The van der Waals surface area contributed by atoms with E-state index in [9.17, 15) is 20.0 Å². The largest absolute Gasteiger partial charge is 0.488 e. The molecule has 1 aromatic heterocycles. The van der Waals surface area contributed by atoms with Crippen molar-refractivity contribution in [3.8, 4) is 28.7 Å². The van der Waals surface area contributed by atoms with Crippen molar-refractivity contribution < 1.29 is 29.4 Å². The lowest BCUT2D eigenvalue weighted by Gasteiger charge is -2.18. The average molecular weight is 583 g/mol. The van der Waals surface area contributed by atoms with E-state index in [1.807, 2.05) is 61.5 Å². The maximum atomic E-state index is 12.1. The summed E-state index contributed by atoms with van der Waals surface area (Å²) >= 11 is 0. The molecule has 0 amide bonds. The Kier molecular flexibility index (Phi) is 10.0. The number of aliphatic hydroxyl groups is 1. The second-order valence-electron chi connectivity index (χ2n) is 9.85. The number of aryl methyl sites for hydroxylation is 1. The van der Waals surface area contributed by atoms with Crippen molar-refractivity contribution in [1.82, 2.24) is 4.98 Å². The fourth-order valence-corrected chi connectivity index (χ4v) is 4.54. The summed E-state index contributed by atoms with van der Waals surface area (Å²) in [6.45, 7) is 2.02. The van der Waals surface area contributed by atoms with E-state index in [-0.39, 0.29) is 48.9 Å². The van der Waals surface area contributed by atoms with Gasteiger partial charge in [-0.2, -0.15) is 5.26 Å². The van der Waals surface area contributed by atoms with Crippen LogP contribution >= 0.6 is 0 Å². The lowest BCUT2D eigenvalue weighted by molar-refractivity contribution is -0.386. The van der Waals surface area contributed by atoms with E-state index in [1.165, 1.54) is 18.3 Å². The smallest absolute Gasteiger partial charge is 0.323 e. The predicted octanol–water partition coefficient (Wildman–Crippen LogP) is 4.70. The van der Waals surface area contributed by atoms with Crippen LogP contribution in [0.4, 0.5) is 5.69 Å². The molecule has 0 unspecified atom stereocenters. The Labute approximate surface area is 247 Å². The zero-order chi connectivity index (χ0) is 30.9. The molecule has 0 spiro atoms. The molecular weight excluding hydrogens is 552 g/mol. The summed E-state index contributed by atoms with van der Waals surface area (Å²) < 4.78 is 12.0. The summed E-state index contributed by atoms with van der Waals surface area (Å²) in [7, 11) is 0. The van der Waals surface area contributed by atoms with Crippen molar-refractivity contribution in [1.29, 1.82) is 5.26 Å². The van der Waals surface area contributed by atoms with Crippen molar-refractivity contribution in [2.45, 2.75) is 45.1 Å². The summed E-state index contributed by atoms with van der Waals surface area (Å²) in [5.74, 6) is -1.15. The molecule has 0 bridgehead atoms. The Hall–Kier alpha value is -5.31. The highest BCUT2D eigenvalue weighted by atomic mass is 16.6. The van der Waals surface area contributed by atoms with E-state index in [1.54, 1.807) is 12.1 Å². The third kappa shape index (κ3) is 7.71. The van der Waals surface area contributed by atoms with E-state index in [2.05, 4.69) is 4.98 Å². The van der Waals surface area contributed by atoms with Crippen LogP contribution in [0.1, 0.15) is 34.4 Å². The standard InChI is InChI=1S/C32H30N4O7/c1-20-24(8-5-9-26(20)22-6-3-2-4-7-22)19-43-30-16-29(42-18-21-12-13-35-25(14-21)17-33)23(15-27(30)36(40)41)10-11-28(37)31(34)32(38)39/h2-9,12-16,28,31,37H,10-11,18-19,34H2,1H3,(H,38,39)/t28-,31+/m1/s1. The minimum atomic E-state index is -1.52. The van der Waals surface area contributed by atoms with Crippen molar-refractivity contribution in [3.05, 3.63) is 117 Å². The number of nitrogens with two attached hydrogens (primary N) is 1. The molecule has 11 nitrogen and oxygen atoms in total. The highest BCUT2D eigenvalue weighted by Crippen LogP contribution is 2.37. The van der Waals surface area contributed by atoms with E-state index >= 15 is 0 Å². The van der Waals surface area contributed by atoms with Gasteiger partial charge < -0.3 is 25.4 Å². The third-order valence-corrected chi connectivity index (χ3v) is 7.00. The first kappa shape index (κ1) is 30.6. The van der Waals surface area contributed by atoms with Gasteiger partial charge >= 0.3 is 11.7 Å². The molecule has 220 valence electrons. The Morgan fingerprint density at radius 2 is 1.79 bits per heavy atom. The first-order valence-corrected chi connectivity index (χ1v) is 13.4. The lowest BCUT2D eigenvalue weighted by atomic mass is 9.97. The fourth-order valence-electron chi connectivity index (χ4n) is 4.54. The molecule has 2 atom stereocenters. The predicted molar refractivity (Wildman–Crippen MR) is 157 cm³/mol. The van der Waals surface area contributed by atoms with Gasteiger partial charge in [-0.05, 0) is 59.7 Å². The number of ether oxygens (including phenoxy) is 2. The van der Waals surface area contributed by atoms with Crippen LogP contribution in [0.25, 0.3) is 11.1 Å². The van der Waals surface area contributed by atoms with Gasteiger partial charge in [0.1, 0.15) is 36.8 Å². The Balaban J connectivity index is 1.65. The molecule has 0 saturated carbocycles. The number of hydrogen-bond donors (Lipinski definition) is 3. The summed E-state index contributed by atoms with van der Waals surface area (Å²) in [5, 5.41) is 40.6. The highest BCUT2D eigenvalue weighted by molar-refractivity contribution is 5.73. The molecule has 4 rings (SSSR count). The topological polar surface area (TPSA) is 182 Å². The molecule has 0 fully saturated rings. The molecule has 4 aromatic rings. The summed E-state index contributed by atoms with van der Waals surface area (Å²) in [6.07, 6.45) is 0.0356. The molecule has 43 heavy (non-hydrogen) atoms. The number of rotatable bonds is 13. The first-order chi connectivity index (χ1) is 20.7. The molecule has 11 heteroatoms. The SMILES string of the molecule is Cc1c(COc2cc(OCc3ccnc(C#N)c3)c(CC[C@@H](O)[C@H](N)C(=O)O)cc2[N+](=O)[O-])cccc1-c1ccccc1. The lowest BCUT2D eigenvalue weighted by Crippen LogP contribution is -2.41. The maximum absolute atomic E-state index is 12.1. The number of nitro groups is 1. The summed E-state index contributed by atoms with van der Waals surface area (Å²) in [4.78, 5) is 26.6. The number of aromatic nitrogens is 1. The van der Waals surface area contributed by atoms with E-state index in [4.69, 9.17) is 25.6 Å². The molecule has 0 aliphatic carbocycles. The van der Waals surface area contributed by atoms with Crippen LogP contribution in [-0.2, 0) is 24.4 Å². The van der Waals surface area contributed by atoms with Gasteiger partial charge in [0.25, 0.3) is 0 Å². The maximum Gasteiger partial charge on any atom is 0.323 e. The van der Waals surface area contributed by atoms with E-state index < -0.39 is 23.0 Å². The normalized spacial score (nSPS) is 12.1. The van der Waals surface area contributed by atoms with Gasteiger partial charge in [0.2, 0.25) is 5.75 Å². The Morgan fingerprint density at radius 3 is 2.49 bits per heavy atom. The van der Waals surface area contributed by atoms with Gasteiger partial charge in [0.15, 0.2) is 0 Å². The quantitative estimate of drug-likeness (QED) is 0.148. The number of nitrogens with zero attached hydrogens (tertiary/aromatic N) is 3. The van der Waals surface area contributed by atoms with Crippen LogP contribution in [0.2, 0.25) is 0 Å². The van der Waals surface area contributed by atoms with E-state index in [0.29, 0.717) is 11.1 Å². The fraction of sp³-hybridized carbons (Fsp3) is 0.219. The monoisotopic (exact) mass is 582 g/mol. The molecule has 0 aliphatic rings. The number of aliphatic carboxylic acids is 1. The molecule has 0 aliphatic heterocycles.